The third-order valence-electron chi connectivity index (χ3n) is 7.42. The van der Waals surface area contributed by atoms with Crippen LogP contribution < -0.4 is 9.47 Å². The Kier molecular flexibility index (Phi) is 12.9. The van der Waals surface area contributed by atoms with Crippen molar-refractivity contribution in [1.82, 2.24) is 0 Å². The number of ether oxygens (including phenoxy) is 4. The zero-order chi connectivity index (χ0) is 31.0. The summed E-state index contributed by atoms with van der Waals surface area (Å²) in [5.74, 6) is 0.754. The van der Waals surface area contributed by atoms with E-state index < -0.39 is 0 Å². The fraction of sp³-hybridized carbons (Fsp3) is 0.316. The van der Waals surface area contributed by atoms with E-state index in [0.717, 1.165) is 43.2 Å². The van der Waals surface area contributed by atoms with E-state index in [-0.39, 0.29) is 31.1 Å². The molecule has 6 nitrogen and oxygen atoms in total. The van der Waals surface area contributed by atoms with Crippen LogP contribution in [0.3, 0.4) is 0 Å². The summed E-state index contributed by atoms with van der Waals surface area (Å²) in [7, 11) is 0. The smallest absolute Gasteiger partial charge is 0.344 e. The molecule has 0 aliphatic rings. The van der Waals surface area contributed by atoms with Gasteiger partial charge in [0, 0.05) is 5.92 Å². The van der Waals surface area contributed by atoms with Crippen molar-refractivity contribution in [2.75, 3.05) is 26.4 Å². The van der Waals surface area contributed by atoms with E-state index in [9.17, 15) is 9.59 Å². The molecule has 0 fully saturated rings. The third kappa shape index (κ3) is 10.0. The second-order valence-electron chi connectivity index (χ2n) is 10.5. The molecule has 6 heteroatoms. The van der Waals surface area contributed by atoms with Crippen molar-refractivity contribution in [3.8, 4) is 11.5 Å². The van der Waals surface area contributed by atoms with Gasteiger partial charge in [0.25, 0.3) is 0 Å². The fourth-order valence-electron chi connectivity index (χ4n) is 5.32. The highest BCUT2D eigenvalue weighted by Gasteiger charge is 2.19. The number of carbonyl (C=O) groups is 2. The third-order valence-corrected chi connectivity index (χ3v) is 7.42. The van der Waals surface area contributed by atoms with Crippen molar-refractivity contribution in [2.45, 2.75) is 51.9 Å². The van der Waals surface area contributed by atoms with Crippen LogP contribution in [-0.2, 0) is 38.3 Å². The molecule has 0 amide bonds. The van der Waals surface area contributed by atoms with Crippen LogP contribution in [-0.4, -0.2) is 38.4 Å². The molecule has 4 aromatic rings. The Hall–Kier alpha value is -4.58. The molecule has 0 saturated carbocycles. The molecule has 0 heterocycles. The normalized spacial score (nSPS) is 11.4. The molecule has 4 aromatic carbocycles. The summed E-state index contributed by atoms with van der Waals surface area (Å²) >= 11 is 0. The van der Waals surface area contributed by atoms with E-state index in [0.29, 0.717) is 24.7 Å². The van der Waals surface area contributed by atoms with Gasteiger partial charge in [0.15, 0.2) is 13.2 Å². The van der Waals surface area contributed by atoms with E-state index in [1.807, 2.05) is 42.5 Å². The SMILES string of the molecule is CCOC(=O)COc1ccc(C(CCc2ccccc2OCC(=O)OCC)c2ccccc2)cc1CCCc1ccccc1. The molecule has 1 atom stereocenters. The highest BCUT2D eigenvalue weighted by molar-refractivity contribution is 5.71. The summed E-state index contributed by atoms with van der Waals surface area (Å²) in [5.41, 5.74) is 5.80. The highest BCUT2D eigenvalue weighted by atomic mass is 16.6. The Morgan fingerprint density at radius 2 is 1.18 bits per heavy atom. The summed E-state index contributed by atoms with van der Waals surface area (Å²) in [6.45, 7) is 3.97. The van der Waals surface area contributed by atoms with Gasteiger partial charge in [-0.25, -0.2) is 9.59 Å². The molecule has 0 aliphatic heterocycles. The van der Waals surface area contributed by atoms with Gasteiger partial charge in [0.05, 0.1) is 13.2 Å². The van der Waals surface area contributed by atoms with Gasteiger partial charge in [-0.2, -0.15) is 0 Å². The van der Waals surface area contributed by atoms with Crippen LogP contribution >= 0.6 is 0 Å². The number of hydrogen-bond acceptors (Lipinski definition) is 6. The fourth-order valence-corrected chi connectivity index (χ4v) is 5.32. The molecule has 0 radical (unpaired) electrons. The quantitative estimate of drug-likeness (QED) is 0.118. The lowest BCUT2D eigenvalue weighted by molar-refractivity contribution is -0.146. The molecular formula is C38H42O6. The lowest BCUT2D eigenvalue weighted by Crippen LogP contribution is -2.15. The van der Waals surface area contributed by atoms with Crippen LogP contribution in [0.2, 0.25) is 0 Å². The minimum absolute atomic E-state index is 0.112. The van der Waals surface area contributed by atoms with Gasteiger partial charge in [-0.1, -0.05) is 91.0 Å². The summed E-state index contributed by atoms with van der Waals surface area (Å²) in [6, 6.07) is 35.1. The molecular weight excluding hydrogens is 552 g/mol. The van der Waals surface area contributed by atoms with Crippen LogP contribution in [0.5, 0.6) is 11.5 Å². The second-order valence-corrected chi connectivity index (χ2v) is 10.5. The van der Waals surface area contributed by atoms with Gasteiger partial charge in [-0.3, -0.25) is 0 Å². The molecule has 0 aromatic heterocycles. The maximum atomic E-state index is 12.1. The number of benzene rings is 4. The van der Waals surface area contributed by atoms with Crippen LogP contribution in [0.4, 0.5) is 0 Å². The van der Waals surface area contributed by atoms with E-state index in [1.54, 1.807) is 13.8 Å². The first kappa shape index (κ1) is 32.3. The minimum Gasteiger partial charge on any atom is -0.482 e. The molecule has 4 rings (SSSR count). The average Bonchev–Trinajstić information content (AvgIpc) is 3.05. The Morgan fingerprint density at radius 3 is 1.84 bits per heavy atom. The van der Waals surface area contributed by atoms with Gasteiger partial charge >= 0.3 is 11.9 Å². The molecule has 1 unspecified atom stereocenters. The maximum absolute atomic E-state index is 12.1. The number of carbonyl (C=O) groups excluding carboxylic acids is 2. The van der Waals surface area contributed by atoms with E-state index in [2.05, 4.69) is 60.7 Å². The summed E-state index contributed by atoms with van der Waals surface area (Å²) in [5, 5.41) is 0. The maximum Gasteiger partial charge on any atom is 0.344 e. The number of para-hydroxylation sites is 1. The molecule has 0 N–H and O–H groups in total. The van der Waals surface area contributed by atoms with Crippen molar-refractivity contribution >= 4 is 11.9 Å². The Bertz CT molecular complexity index is 1450. The monoisotopic (exact) mass is 594 g/mol. The van der Waals surface area contributed by atoms with Gasteiger partial charge < -0.3 is 18.9 Å². The van der Waals surface area contributed by atoms with Crippen LogP contribution in [0.25, 0.3) is 0 Å². The van der Waals surface area contributed by atoms with Crippen LogP contribution in [0.1, 0.15) is 60.4 Å². The largest absolute Gasteiger partial charge is 0.482 e. The number of rotatable bonds is 17. The van der Waals surface area contributed by atoms with Gasteiger partial charge in [0.2, 0.25) is 0 Å². The van der Waals surface area contributed by atoms with Gasteiger partial charge in [-0.05, 0) is 85.9 Å². The van der Waals surface area contributed by atoms with Crippen molar-refractivity contribution in [1.29, 1.82) is 0 Å². The molecule has 0 spiro atoms. The van der Waals surface area contributed by atoms with Crippen LogP contribution in [0.15, 0.2) is 103 Å². The van der Waals surface area contributed by atoms with Crippen molar-refractivity contribution in [3.63, 3.8) is 0 Å². The highest BCUT2D eigenvalue weighted by Crippen LogP contribution is 2.34. The molecule has 230 valence electrons. The first-order chi connectivity index (χ1) is 21.6. The minimum atomic E-state index is -0.380. The predicted molar refractivity (Wildman–Crippen MR) is 172 cm³/mol. The number of aryl methyl sites for hydroxylation is 3. The standard InChI is InChI=1S/C38H42O6/c1-3-41-37(39)27-43-35-21-12-11-19-31(35)22-24-34(30-17-9-6-10-18-30)32-23-25-36(44-28-38(40)42-4-2)33(26-32)20-13-16-29-14-7-5-8-15-29/h5-12,14-15,17-19,21,23,25-26,34H,3-4,13,16,20,22,24,27-28H2,1-2H3. The van der Waals surface area contributed by atoms with E-state index >= 15 is 0 Å². The van der Waals surface area contributed by atoms with Crippen molar-refractivity contribution < 1.29 is 28.5 Å². The molecule has 44 heavy (non-hydrogen) atoms. The lowest BCUT2D eigenvalue weighted by atomic mass is 9.85. The lowest BCUT2D eigenvalue weighted by Gasteiger charge is -2.21. The second kappa shape index (κ2) is 17.5. The average molecular weight is 595 g/mol. The summed E-state index contributed by atoms with van der Waals surface area (Å²) < 4.78 is 21.9. The molecule has 0 bridgehead atoms. The summed E-state index contributed by atoms with van der Waals surface area (Å²) in [4.78, 5) is 24.0. The summed E-state index contributed by atoms with van der Waals surface area (Å²) in [6.07, 6.45) is 4.30. The number of hydrogen-bond donors (Lipinski definition) is 0. The van der Waals surface area contributed by atoms with Crippen LogP contribution in [0, 0.1) is 0 Å². The van der Waals surface area contributed by atoms with Crippen molar-refractivity contribution in [2.24, 2.45) is 0 Å². The van der Waals surface area contributed by atoms with Gasteiger partial charge in [0.1, 0.15) is 11.5 Å². The Labute approximate surface area is 260 Å². The Balaban J connectivity index is 1.57. The molecule has 0 saturated heterocycles. The molecule has 0 aliphatic carbocycles. The van der Waals surface area contributed by atoms with Gasteiger partial charge in [-0.15, -0.1) is 0 Å². The first-order valence-electron chi connectivity index (χ1n) is 15.4. The topological polar surface area (TPSA) is 71.1 Å². The number of esters is 2. The first-order valence-corrected chi connectivity index (χ1v) is 15.4. The Morgan fingerprint density at radius 1 is 0.591 bits per heavy atom. The van der Waals surface area contributed by atoms with Crippen molar-refractivity contribution in [3.05, 3.63) is 131 Å². The zero-order valence-corrected chi connectivity index (χ0v) is 25.7. The van der Waals surface area contributed by atoms with E-state index in [4.69, 9.17) is 18.9 Å². The predicted octanol–water partition coefficient (Wildman–Crippen LogP) is 7.51. The van der Waals surface area contributed by atoms with E-state index in [1.165, 1.54) is 16.7 Å². The zero-order valence-electron chi connectivity index (χ0n) is 25.7.